The number of carbonyl (C=O) groups excluding carboxylic acids is 1. The summed E-state index contributed by atoms with van der Waals surface area (Å²) < 4.78 is 10.7. The normalized spacial score (nSPS) is 11.0. The third-order valence-corrected chi connectivity index (χ3v) is 4.97. The van der Waals surface area contributed by atoms with Gasteiger partial charge in [-0.3, -0.25) is 4.79 Å². The van der Waals surface area contributed by atoms with Gasteiger partial charge in [-0.1, -0.05) is 11.6 Å². The van der Waals surface area contributed by atoms with Crippen LogP contribution < -0.4 is 10.4 Å². The Hall–Kier alpha value is -2.11. The molecule has 1 aromatic carbocycles. The van der Waals surface area contributed by atoms with E-state index in [1.165, 1.54) is 6.07 Å². The van der Waals surface area contributed by atoms with Crippen LogP contribution >= 0.6 is 22.9 Å². The zero-order valence-corrected chi connectivity index (χ0v) is 15.0. The van der Waals surface area contributed by atoms with Crippen molar-refractivity contribution in [1.82, 2.24) is 0 Å². The molecule has 0 amide bonds. The SMILES string of the molecule is Cc1cc(C(=O)COc2cc3oc(=O)cc(C)c3cc2Cl)c(C)s1. The van der Waals surface area contributed by atoms with Crippen LogP contribution in [0.5, 0.6) is 5.75 Å². The molecular weight excluding hydrogens is 348 g/mol. The Morgan fingerprint density at radius 3 is 2.62 bits per heavy atom. The topological polar surface area (TPSA) is 56.5 Å². The van der Waals surface area contributed by atoms with Gasteiger partial charge in [0.05, 0.1) is 5.02 Å². The minimum Gasteiger partial charge on any atom is -0.484 e. The smallest absolute Gasteiger partial charge is 0.336 e. The van der Waals surface area contributed by atoms with E-state index in [1.54, 1.807) is 30.4 Å². The predicted octanol–water partition coefficient (Wildman–Crippen LogP) is 4.69. The van der Waals surface area contributed by atoms with Gasteiger partial charge in [0.25, 0.3) is 0 Å². The maximum atomic E-state index is 12.3. The van der Waals surface area contributed by atoms with Gasteiger partial charge in [0, 0.05) is 32.8 Å². The van der Waals surface area contributed by atoms with Crippen LogP contribution in [0.2, 0.25) is 5.02 Å². The maximum Gasteiger partial charge on any atom is 0.336 e. The third kappa shape index (κ3) is 3.23. The van der Waals surface area contributed by atoms with E-state index < -0.39 is 5.63 Å². The molecule has 0 bridgehead atoms. The largest absolute Gasteiger partial charge is 0.484 e. The molecule has 2 aromatic heterocycles. The highest BCUT2D eigenvalue weighted by Crippen LogP contribution is 2.31. The van der Waals surface area contributed by atoms with E-state index in [9.17, 15) is 9.59 Å². The van der Waals surface area contributed by atoms with Crippen LogP contribution in [0.25, 0.3) is 11.0 Å². The summed E-state index contributed by atoms with van der Waals surface area (Å²) in [6.45, 7) is 5.55. The molecule has 0 N–H and O–H groups in total. The van der Waals surface area contributed by atoms with Crippen molar-refractivity contribution in [3.63, 3.8) is 0 Å². The number of benzene rings is 1. The van der Waals surface area contributed by atoms with E-state index in [-0.39, 0.29) is 12.4 Å². The molecule has 0 aliphatic rings. The Morgan fingerprint density at radius 1 is 1.21 bits per heavy atom. The Bertz CT molecular complexity index is 1000. The lowest BCUT2D eigenvalue weighted by Gasteiger charge is -2.09. The molecule has 0 spiro atoms. The Balaban J connectivity index is 1.87. The molecule has 0 radical (unpaired) electrons. The van der Waals surface area contributed by atoms with E-state index in [0.29, 0.717) is 21.9 Å². The molecule has 0 aliphatic carbocycles. The average Bonchev–Trinajstić information content (AvgIpc) is 2.84. The molecule has 0 unspecified atom stereocenters. The predicted molar refractivity (Wildman–Crippen MR) is 95.8 cm³/mol. The molecule has 2 heterocycles. The molecule has 24 heavy (non-hydrogen) atoms. The number of aryl methyl sites for hydroxylation is 3. The van der Waals surface area contributed by atoms with Gasteiger partial charge in [-0.25, -0.2) is 4.79 Å². The van der Waals surface area contributed by atoms with Crippen molar-refractivity contribution in [2.24, 2.45) is 0 Å². The number of Topliss-reactive ketones (excluding diaryl/α,β-unsaturated/α-hetero) is 1. The minimum absolute atomic E-state index is 0.112. The standard InChI is InChI=1S/C18H15ClO4S/c1-9-4-18(21)23-16-7-17(14(19)6-12(9)16)22-8-15(20)13-5-10(2)24-11(13)3/h4-7H,8H2,1-3H3. The van der Waals surface area contributed by atoms with E-state index in [2.05, 4.69) is 0 Å². The summed E-state index contributed by atoms with van der Waals surface area (Å²) in [4.78, 5) is 25.8. The Morgan fingerprint density at radius 2 is 1.96 bits per heavy atom. The minimum atomic E-state index is -0.436. The van der Waals surface area contributed by atoms with Crippen LogP contribution in [-0.2, 0) is 0 Å². The summed E-state index contributed by atoms with van der Waals surface area (Å²) in [5, 5.41) is 1.10. The van der Waals surface area contributed by atoms with Crippen molar-refractivity contribution in [2.75, 3.05) is 6.61 Å². The third-order valence-electron chi connectivity index (χ3n) is 3.70. The monoisotopic (exact) mass is 362 g/mol. The lowest BCUT2D eigenvalue weighted by Crippen LogP contribution is -2.12. The molecule has 3 aromatic rings. The van der Waals surface area contributed by atoms with Gasteiger partial charge in [0.2, 0.25) is 5.78 Å². The molecule has 0 saturated carbocycles. The first-order chi connectivity index (χ1) is 11.3. The van der Waals surface area contributed by atoms with E-state index in [4.69, 9.17) is 20.8 Å². The van der Waals surface area contributed by atoms with E-state index >= 15 is 0 Å². The van der Waals surface area contributed by atoms with Gasteiger partial charge in [-0.15, -0.1) is 11.3 Å². The number of hydrogen-bond donors (Lipinski definition) is 0. The molecule has 0 fully saturated rings. The van der Waals surface area contributed by atoms with Gasteiger partial charge in [0.1, 0.15) is 11.3 Å². The second kappa shape index (κ2) is 6.42. The molecule has 0 aliphatic heterocycles. The van der Waals surface area contributed by atoms with Gasteiger partial charge in [-0.05, 0) is 38.5 Å². The number of fused-ring (bicyclic) bond motifs is 1. The second-order valence-corrected chi connectivity index (χ2v) is 7.43. The highest BCUT2D eigenvalue weighted by Gasteiger charge is 2.15. The van der Waals surface area contributed by atoms with E-state index in [1.807, 2.05) is 19.9 Å². The summed E-state index contributed by atoms with van der Waals surface area (Å²) in [6.07, 6.45) is 0. The molecule has 3 rings (SSSR count). The van der Waals surface area contributed by atoms with Gasteiger partial charge < -0.3 is 9.15 Å². The van der Waals surface area contributed by atoms with Crippen LogP contribution in [0, 0.1) is 20.8 Å². The highest BCUT2D eigenvalue weighted by molar-refractivity contribution is 7.12. The number of hydrogen-bond acceptors (Lipinski definition) is 5. The number of carbonyl (C=O) groups is 1. The number of halogens is 1. The summed E-state index contributed by atoms with van der Waals surface area (Å²) in [6, 6.07) is 6.49. The summed E-state index contributed by atoms with van der Waals surface area (Å²) in [5.74, 6) is 0.203. The fourth-order valence-corrected chi connectivity index (χ4v) is 3.72. The van der Waals surface area contributed by atoms with Gasteiger partial charge >= 0.3 is 5.63 Å². The zero-order valence-electron chi connectivity index (χ0n) is 13.4. The molecule has 0 saturated heterocycles. The first-order valence-corrected chi connectivity index (χ1v) is 8.51. The average molecular weight is 363 g/mol. The molecule has 0 atom stereocenters. The Kier molecular flexibility index (Phi) is 4.47. The van der Waals surface area contributed by atoms with Crippen molar-refractivity contribution in [3.8, 4) is 5.75 Å². The van der Waals surface area contributed by atoms with Crippen molar-refractivity contribution in [3.05, 3.63) is 60.6 Å². The van der Waals surface area contributed by atoms with Crippen LogP contribution in [0.1, 0.15) is 25.7 Å². The molecular formula is C18H15ClO4S. The van der Waals surface area contributed by atoms with Crippen LogP contribution in [0.15, 0.2) is 33.5 Å². The first kappa shape index (κ1) is 16.7. The second-order valence-electron chi connectivity index (χ2n) is 5.57. The lowest BCUT2D eigenvalue weighted by molar-refractivity contribution is 0.0921. The molecule has 6 heteroatoms. The summed E-state index contributed by atoms with van der Waals surface area (Å²) in [5.41, 5.74) is 1.38. The van der Waals surface area contributed by atoms with Crippen LogP contribution in [0.4, 0.5) is 0 Å². The lowest BCUT2D eigenvalue weighted by atomic mass is 10.1. The molecule has 124 valence electrons. The van der Waals surface area contributed by atoms with Crippen molar-refractivity contribution in [1.29, 1.82) is 0 Å². The Labute approximate surface area is 147 Å². The number of rotatable bonds is 4. The number of ether oxygens (including phenoxy) is 1. The van der Waals surface area contributed by atoms with Gasteiger partial charge in [-0.2, -0.15) is 0 Å². The molecule has 4 nitrogen and oxygen atoms in total. The zero-order chi connectivity index (χ0) is 17.4. The summed E-state index contributed by atoms with van der Waals surface area (Å²) in [7, 11) is 0. The quantitative estimate of drug-likeness (QED) is 0.499. The van der Waals surface area contributed by atoms with Crippen LogP contribution in [-0.4, -0.2) is 12.4 Å². The van der Waals surface area contributed by atoms with E-state index in [0.717, 1.165) is 20.7 Å². The summed E-state index contributed by atoms with van der Waals surface area (Å²) >= 11 is 7.80. The number of ketones is 1. The fourth-order valence-electron chi connectivity index (χ4n) is 2.56. The first-order valence-electron chi connectivity index (χ1n) is 7.32. The highest BCUT2D eigenvalue weighted by atomic mass is 35.5. The maximum absolute atomic E-state index is 12.3. The van der Waals surface area contributed by atoms with Gasteiger partial charge in [0.15, 0.2) is 6.61 Å². The fraction of sp³-hybridized carbons (Fsp3) is 0.222. The number of thiophene rings is 1. The van der Waals surface area contributed by atoms with Crippen molar-refractivity contribution >= 4 is 39.7 Å². The van der Waals surface area contributed by atoms with Crippen molar-refractivity contribution in [2.45, 2.75) is 20.8 Å². The van der Waals surface area contributed by atoms with Crippen LogP contribution in [0.3, 0.4) is 0 Å². The van der Waals surface area contributed by atoms with Crippen molar-refractivity contribution < 1.29 is 13.9 Å².